The van der Waals surface area contributed by atoms with Gasteiger partial charge in [-0.3, -0.25) is 0 Å². The lowest BCUT2D eigenvalue weighted by atomic mass is 10.1. The van der Waals surface area contributed by atoms with Crippen LogP contribution in [0.3, 0.4) is 0 Å². The first-order chi connectivity index (χ1) is 8.79. The third-order valence-corrected chi connectivity index (χ3v) is 3.72. The standard InChI is InChI=1S/C15H22FNO/c1-18-15-7-6-14(16)10-13(15)8-9-17-11-12-4-2-3-5-12/h6-7,10,12,17H,2-5,8-9,11H2,1H3. The smallest absolute Gasteiger partial charge is 0.123 e. The van der Waals surface area contributed by atoms with Crippen molar-refractivity contribution in [2.45, 2.75) is 32.1 Å². The minimum atomic E-state index is -0.193. The summed E-state index contributed by atoms with van der Waals surface area (Å²) in [5.74, 6) is 1.43. The normalized spacial score (nSPS) is 16.1. The van der Waals surface area contributed by atoms with Crippen LogP contribution in [-0.4, -0.2) is 20.2 Å². The Morgan fingerprint density at radius 3 is 2.83 bits per heavy atom. The molecule has 0 aliphatic heterocycles. The van der Waals surface area contributed by atoms with E-state index in [4.69, 9.17) is 4.74 Å². The highest BCUT2D eigenvalue weighted by atomic mass is 19.1. The highest BCUT2D eigenvalue weighted by Crippen LogP contribution is 2.24. The fourth-order valence-corrected chi connectivity index (χ4v) is 2.69. The van der Waals surface area contributed by atoms with Gasteiger partial charge in [0.25, 0.3) is 0 Å². The van der Waals surface area contributed by atoms with E-state index < -0.39 is 0 Å². The SMILES string of the molecule is COc1ccc(F)cc1CCNCC1CCCC1. The summed E-state index contributed by atoms with van der Waals surface area (Å²) in [6, 6.07) is 4.70. The number of hydrogen-bond acceptors (Lipinski definition) is 2. The van der Waals surface area contributed by atoms with Crippen molar-refractivity contribution in [1.29, 1.82) is 0 Å². The van der Waals surface area contributed by atoms with Gasteiger partial charge in [-0.25, -0.2) is 4.39 Å². The summed E-state index contributed by atoms with van der Waals surface area (Å²) < 4.78 is 18.4. The van der Waals surface area contributed by atoms with Crippen molar-refractivity contribution in [2.75, 3.05) is 20.2 Å². The molecule has 0 saturated heterocycles. The molecular weight excluding hydrogens is 229 g/mol. The third kappa shape index (κ3) is 3.70. The van der Waals surface area contributed by atoms with Gasteiger partial charge in [0.1, 0.15) is 11.6 Å². The molecule has 0 spiro atoms. The second kappa shape index (κ2) is 6.74. The number of methoxy groups -OCH3 is 1. The Bertz CT molecular complexity index is 375. The zero-order valence-electron chi connectivity index (χ0n) is 11.0. The lowest BCUT2D eigenvalue weighted by Crippen LogP contribution is -2.23. The van der Waals surface area contributed by atoms with Gasteiger partial charge in [0, 0.05) is 0 Å². The molecule has 0 aromatic heterocycles. The maximum Gasteiger partial charge on any atom is 0.123 e. The van der Waals surface area contributed by atoms with Crippen molar-refractivity contribution in [3.8, 4) is 5.75 Å². The van der Waals surface area contributed by atoms with Crippen LogP contribution in [0.4, 0.5) is 4.39 Å². The average Bonchev–Trinajstić information content (AvgIpc) is 2.88. The van der Waals surface area contributed by atoms with Crippen LogP contribution < -0.4 is 10.1 Å². The molecular formula is C15H22FNO. The summed E-state index contributed by atoms with van der Waals surface area (Å²) in [7, 11) is 1.63. The molecule has 0 heterocycles. The van der Waals surface area contributed by atoms with Crippen molar-refractivity contribution in [3.63, 3.8) is 0 Å². The van der Waals surface area contributed by atoms with Gasteiger partial charge in [-0.05, 0) is 62.0 Å². The molecule has 3 heteroatoms. The van der Waals surface area contributed by atoms with Crippen LogP contribution in [0.2, 0.25) is 0 Å². The number of rotatable bonds is 6. The lowest BCUT2D eigenvalue weighted by Gasteiger charge is -2.12. The van der Waals surface area contributed by atoms with E-state index in [2.05, 4.69) is 5.32 Å². The van der Waals surface area contributed by atoms with E-state index in [0.29, 0.717) is 0 Å². The van der Waals surface area contributed by atoms with E-state index in [1.54, 1.807) is 19.2 Å². The van der Waals surface area contributed by atoms with E-state index in [0.717, 1.165) is 36.7 Å². The van der Waals surface area contributed by atoms with Crippen LogP contribution in [0.15, 0.2) is 18.2 Å². The molecule has 0 amide bonds. The molecule has 1 aromatic rings. The van der Waals surface area contributed by atoms with Crippen molar-refractivity contribution < 1.29 is 9.13 Å². The van der Waals surface area contributed by atoms with Gasteiger partial charge in [0.05, 0.1) is 7.11 Å². The molecule has 18 heavy (non-hydrogen) atoms. The second-order valence-electron chi connectivity index (χ2n) is 5.06. The Labute approximate surface area is 109 Å². The fourth-order valence-electron chi connectivity index (χ4n) is 2.69. The minimum Gasteiger partial charge on any atom is -0.496 e. The number of hydrogen-bond donors (Lipinski definition) is 1. The third-order valence-electron chi connectivity index (χ3n) is 3.72. The Kier molecular flexibility index (Phi) is 5.00. The molecule has 0 bridgehead atoms. The van der Waals surface area contributed by atoms with E-state index in [-0.39, 0.29) is 5.82 Å². The molecule has 1 aromatic carbocycles. The predicted octanol–water partition coefficient (Wildman–Crippen LogP) is 3.16. The van der Waals surface area contributed by atoms with Crippen LogP contribution >= 0.6 is 0 Å². The molecule has 1 aliphatic rings. The monoisotopic (exact) mass is 251 g/mol. The molecule has 1 saturated carbocycles. The Morgan fingerprint density at radius 1 is 1.33 bits per heavy atom. The quantitative estimate of drug-likeness (QED) is 0.784. The molecule has 2 rings (SSSR count). The van der Waals surface area contributed by atoms with Gasteiger partial charge < -0.3 is 10.1 Å². The first kappa shape index (κ1) is 13.3. The van der Waals surface area contributed by atoms with Crippen molar-refractivity contribution >= 4 is 0 Å². The topological polar surface area (TPSA) is 21.3 Å². The Morgan fingerprint density at radius 2 is 2.11 bits per heavy atom. The second-order valence-corrected chi connectivity index (χ2v) is 5.06. The Balaban J connectivity index is 1.76. The van der Waals surface area contributed by atoms with Crippen molar-refractivity contribution in [2.24, 2.45) is 5.92 Å². The van der Waals surface area contributed by atoms with Crippen LogP contribution in [0.1, 0.15) is 31.2 Å². The Hall–Kier alpha value is -1.09. The summed E-state index contributed by atoms with van der Waals surface area (Å²) in [4.78, 5) is 0. The predicted molar refractivity (Wildman–Crippen MR) is 71.5 cm³/mol. The highest BCUT2D eigenvalue weighted by Gasteiger charge is 2.14. The van der Waals surface area contributed by atoms with Gasteiger partial charge in [-0.1, -0.05) is 12.8 Å². The minimum absolute atomic E-state index is 0.193. The fraction of sp³-hybridized carbons (Fsp3) is 0.600. The summed E-state index contributed by atoms with van der Waals surface area (Å²) in [6.45, 7) is 1.98. The van der Waals surface area contributed by atoms with E-state index in [1.165, 1.54) is 31.7 Å². The molecule has 1 aliphatic carbocycles. The van der Waals surface area contributed by atoms with E-state index in [9.17, 15) is 4.39 Å². The van der Waals surface area contributed by atoms with Crippen LogP contribution in [-0.2, 0) is 6.42 Å². The van der Waals surface area contributed by atoms with Crippen LogP contribution in [0.5, 0.6) is 5.75 Å². The van der Waals surface area contributed by atoms with E-state index >= 15 is 0 Å². The molecule has 2 nitrogen and oxygen atoms in total. The first-order valence-electron chi connectivity index (χ1n) is 6.82. The summed E-state index contributed by atoms with van der Waals surface area (Å²) in [5.41, 5.74) is 0.941. The molecule has 1 N–H and O–H groups in total. The van der Waals surface area contributed by atoms with Gasteiger partial charge in [-0.15, -0.1) is 0 Å². The van der Waals surface area contributed by atoms with Crippen LogP contribution in [0, 0.1) is 11.7 Å². The zero-order chi connectivity index (χ0) is 12.8. The maximum atomic E-state index is 13.2. The number of benzene rings is 1. The van der Waals surface area contributed by atoms with Gasteiger partial charge in [0.2, 0.25) is 0 Å². The summed E-state index contributed by atoms with van der Waals surface area (Å²) >= 11 is 0. The van der Waals surface area contributed by atoms with Gasteiger partial charge in [0.15, 0.2) is 0 Å². The van der Waals surface area contributed by atoms with Crippen molar-refractivity contribution in [1.82, 2.24) is 5.32 Å². The molecule has 0 unspecified atom stereocenters. The number of nitrogens with one attached hydrogen (secondary N) is 1. The maximum absolute atomic E-state index is 13.2. The van der Waals surface area contributed by atoms with Crippen LogP contribution in [0.25, 0.3) is 0 Å². The zero-order valence-corrected chi connectivity index (χ0v) is 11.0. The largest absolute Gasteiger partial charge is 0.496 e. The van der Waals surface area contributed by atoms with Gasteiger partial charge >= 0.3 is 0 Å². The molecule has 100 valence electrons. The van der Waals surface area contributed by atoms with E-state index in [1.807, 2.05) is 0 Å². The van der Waals surface area contributed by atoms with Crippen molar-refractivity contribution in [3.05, 3.63) is 29.6 Å². The van der Waals surface area contributed by atoms with Gasteiger partial charge in [-0.2, -0.15) is 0 Å². The first-order valence-corrected chi connectivity index (χ1v) is 6.82. The number of ether oxygens (including phenoxy) is 1. The average molecular weight is 251 g/mol. The molecule has 0 atom stereocenters. The summed E-state index contributed by atoms with van der Waals surface area (Å²) in [6.07, 6.45) is 6.29. The number of halogens is 1. The lowest BCUT2D eigenvalue weighted by molar-refractivity contribution is 0.407. The molecule has 1 fully saturated rings. The molecule has 0 radical (unpaired) electrons. The summed E-state index contributed by atoms with van der Waals surface area (Å²) in [5, 5.41) is 3.47. The highest BCUT2D eigenvalue weighted by molar-refractivity contribution is 5.34.